The van der Waals surface area contributed by atoms with Crippen LogP contribution >= 0.6 is 11.8 Å². The molecule has 0 N–H and O–H groups in total. The Morgan fingerprint density at radius 3 is 2.48 bits per heavy atom. The molecule has 3 aromatic rings. The molecule has 0 radical (unpaired) electrons. The van der Waals surface area contributed by atoms with Crippen molar-refractivity contribution in [3.8, 4) is 22.8 Å². The van der Waals surface area contributed by atoms with Crippen molar-refractivity contribution in [2.24, 2.45) is 0 Å². The van der Waals surface area contributed by atoms with Crippen molar-refractivity contribution in [2.45, 2.75) is 24.9 Å². The van der Waals surface area contributed by atoms with Crippen molar-refractivity contribution in [3.63, 3.8) is 0 Å². The molecule has 2 aromatic heterocycles. The van der Waals surface area contributed by atoms with Gasteiger partial charge in [-0.15, -0.1) is 10.2 Å². The number of benzene rings is 1. The van der Waals surface area contributed by atoms with Crippen LogP contribution in [0.4, 0.5) is 0 Å². The second kappa shape index (κ2) is 9.09. The van der Waals surface area contributed by atoms with Crippen molar-refractivity contribution in [2.75, 3.05) is 25.4 Å². The van der Waals surface area contributed by atoms with Crippen LogP contribution in [-0.2, 0) is 4.79 Å². The molecule has 1 aliphatic heterocycles. The van der Waals surface area contributed by atoms with Gasteiger partial charge < -0.3 is 9.64 Å². The van der Waals surface area contributed by atoms with E-state index < -0.39 is 0 Å². The summed E-state index contributed by atoms with van der Waals surface area (Å²) in [6, 6.07) is 11.6. The van der Waals surface area contributed by atoms with Gasteiger partial charge in [-0.3, -0.25) is 14.3 Å². The maximum absolute atomic E-state index is 12.5. The zero-order valence-corrected chi connectivity index (χ0v) is 17.1. The molecule has 0 spiro atoms. The average molecular weight is 410 g/mol. The van der Waals surface area contributed by atoms with Gasteiger partial charge in [0.05, 0.1) is 12.4 Å². The first-order valence-corrected chi connectivity index (χ1v) is 10.7. The van der Waals surface area contributed by atoms with E-state index in [1.54, 1.807) is 12.4 Å². The van der Waals surface area contributed by atoms with E-state index in [1.165, 1.54) is 11.8 Å². The fraction of sp³-hybridized carbons (Fsp3) is 0.333. The van der Waals surface area contributed by atoms with Crippen molar-refractivity contribution in [1.82, 2.24) is 24.6 Å². The zero-order chi connectivity index (χ0) is 20.1. The van der Waals surface area contributed by atoms with Crippen LogP contribution in [0.3, 0.4) is 0 Å². The highest BCUT2D eigenvalue weighted by Gasteiger charge is 2.21. The lowest BCUT2D eigenvalue weighted by atomic mass is 10.2. The van der Waals surface area contributed by atoms with Gasteiger partial charge in [-0.05, 0) is 56.2 Å². The third kappa shape index (κ3) is 4.42. The van der Waals surface area contributed by atoms with Crippen LogP contribution in [-0.4, -0.2) is 56.0 Å². The molecule has 0 bridgehead atoms. The van der Waals surface area contributed by atoms with Crippen LogP contribution in [0.5, 0.6) is 5.75 Å². The Labute approximate surface area is 174 Å². The van der Waals surface area contributed by atoms with E-state index >= 15 is 0 Å². The van der Waals surface area contributed by atoms with Gasteiger partial charge in [0.15, 0.2) is 11.0 Å². The molecule has 1 fully saturated rings. The lowest BCUT2D eigenvalue weighted by Gasteiger charge is -2.15. The average Bonchev–Trinajstić information content (AvgIpc) is 3.44. The van der Waals surface area contributed by atoms with Gasteiger partial charge in [0.2, 0.25) is 5.91 Å². The number of hydrogen-bond acceptors (Lipinski definition) is 6. The summed E-state index contributed by atoms with van der Waals surface area (Å²) in [5.74, 6) is 2.03. The van der Waals surface area contributed by atoms with Crippen LogP contribution in [0.2, 0.25) is 0 Å². The van der Waals surface area contributed by atoms with Gasteiger partial charge >= 0.3 is 0 Å². The molecule has 1 saturated heterocycles. The normalized spacial score (nSPS) is 13.6. The number of hydrogen-bond donors (Lipinski definition) is 0. The number of pyridine rings is 1. The van der Waals surface area contributed by atoms with E-state index in [9.17, 15) is 4.79 Å². The fourth-order valence-electron chi connectivity index (χ4n) is 3.33. The first-order valence-electron chi connectivity index (χ1n) is 9.76. The van der Waals surface area contributed by atoms with Crippen LogP contribution in [0.1, 0.15) is 19.8 Å². The summed E-state index contributed by atoms with van der Waals surface area (Å²) >= 11 is 1.42. The number of likely N-dealkylation sites (tertiary alicyclic amines) is 1. The maximum atomic E-state index is 12.5. The molecule has 8 heteroatoms. The molecule has 0 atom stereocenters. The third-order valence-corrected chi connectivity index (χ3v) is 5.68. The van der Waals surface area contributed by atoms with Crippen molar-refractivity contribution in [3.05, 3.63) is 48.8 Å². The molecule has 0 unspecified atom stereocenters. The van der Waals surface area contributed by atoms with Crippen molar-refractivity contribution < 1.29 is 9.53 Å². The Balaban J connectivity index is 1.64. The second-order valence-electron chi connectivity index (χ2n) is 6.68. The largest absolute Gasteiger partial charge is 0.494 e. The highest BCUT2D eigenvalue weighted by atomic mass is 32.2. The number of amides is 1. The lowest BCUT2D eigenvalue weighted by Crippen LogP contribution is -2.29. The molecule has 3 heterocycles. The minimum absolute atomic E-state index is 0.152. The molecule has 4 rings (SSSR count). The summed E-state index contributed by atoms with van der Waals surface area (Å²) in [6.07, 6.45) is 5.64. The summed E-state index contributed by atoms with van der Waals surface area (Å²) in [7, 11) is 0. The zero-order valence-electron chi connectivity index (χ0n) is 16.3. The minimum Gasteiger partial charge on any atom is -0.494 e. The number of aromatic nitrogens is 4. The van der Waals surface area contributed by atoms with E-state index in [4.69, 9.17) is 4.74 Å². The van der Waals surface area contributed by atoms with Crippen LogP contribution in [0, 0.1) is 0 Å². The molecule has 1 amide bonds. The first kappa shape index (κ1) is 19.4. The first-order chi connectivity index (χ1) is 14.3. The second-order valence-corrected chi connectivity index (χ2v) is 7.62. The van der Waals surface area contributed by atoms with Crippen molar-refractivity contribution in [1.29, 1.82) is 0 Å². The molecule has 0 saturated carbocycles. The predicted octanol–water partition coefficient (Wildman–Crippen LogP) is 3.44. The Morgan fingerprint density at radius 1 is 1.07 bits per heavy atom. The topological polar surface area (TPSA) is 73.1 Å². The standard InChI is InChI=1S/C21H23N5O2S/c1-2-28-18-7-5-17(6-8-18)26-20(16-9-11-22-12-10-16)23-24-21(26)29-15-19(27)25-13-3-4-14-25/h5-12H,2-4,13-15H2,1H3. The monoisotopic (exact) mass is 409 g/mol. The SMILES string of the molecule is CCOc1ccc(-n2c(SCC(=O)N3CCCC3)nnc2-c2ccncc2)cc1. The van der Waals surface area contributed by atoms with E-state index in [2.05, 4.69) is 15.2 Å². The van der Waals surface area contributed by atoms with Gasteiger partial charge in [0, 0.05) is 36.7 Å². The van der Waals surface area contributed by atoms with E-state index in [0.717, 1.165) is 42.9 Å². The van der Waals surface area contributed by atoms with Gasteiger partial charge in [-0.25, -0.2) is 0 Å². The molecule has 150 valence electrons. The lowest BCUT2D eigenvalue weighted by molar-refractivity contribution is -0.127. The Kier molecular flexibility index (Phi) is 6.09. The Hall–Kier alpha value is -2.87. The molecular weight excluding hydrogens is 386 g/mol. The number of nitrogens with zero attached hydrogens (tertiary/aromatic N) is 5. The van der Waals surface area contributed by atoms with Gasteiger partial charge in [-0.1, -0.05) is 11.8 Å². The Morgan fingerprint density at radius 2 is 1.79 bits per heavy atom. The predicted molar refractivity (Wildman–Crippen MR) is 112 cm³/mol. The summed E-state index contributed by atoms with van der Waals surface area (Å²) in [5.41, 5.74) is 1.83. The van der Waals surface area contributed by atoms with E-state index in [0.29, 0.717) is 23.3 Å². The van der Waals surface area contributed by atoms with Crippen LogP contribution < -0.4 is 4.74 Å². The molecule has 0 aliphatic carbocycles. The fourth-order valence-corrected chi connectivity index (χ4v) is 4.18. The molecule has 7 nitrogen and oxygen atoms in total. The smallest absolute Gasteiger partial charge is 0.233 e. The van der Waals surface area contributed by atoms with Crippen molar-refractivity contribution >= 4 is 17.7 Å². The van der Waals surface area contributed by atoms with Gasteiger partial charge in [0.1, 0.15) is 5.75 Å². The molecular formula is C21H23N5O2S. The van der Waals surface area contributed by atoms with Gasteiger partial charge in [-0.2, -0.15) is 0 Å². The highest BCUT2D eigenvalue weighted by Crippen LogP contribution is 2.29. The number of thioether (sulfide) groups is 1. The van der Waals surface area contributed by atoms with E-state index in [-0.39, 0.29) is 5.91 Å². The van der Waals surface area contributed by atoms with Crippen LogP contribution in [0.15, 0.2) is 53.9 Å². The van der Waals surface area contributed by atoms with E-state index in [1.807, 2.05) is 52.8 Å². The van der Waals surface area contributed by atoms with Crippen LogP contribution in [0.25, 0.3) is 17.1 Å². The molecule has 1 aromatic carbocycles. The number of carbonyl (C=O) groups excluding carboxylic acids is 1. The summed E-state index contributed by atoms with van der Waals surface area (Å²) in [5, 5.41) is 9.47. The number of ether oxygens (including phenoxy) is 1. The minimum atomic E-state index is 0.152. The third-order valence-electron chi connectivity index (χ3n) is 4.76. The van der Waals surface area contributed by atoms with Gasteiger partial charge in [0.25, 0.3) is 0 Å². The maximum Gasteiger partial charge on any atom is 0.233 e. The molecule has 29 heavy (non-hydrogen) atoms. The number of rotatable bonds is 7. The molecule has 1 aliphatic rings. The quantitative estimate of drug-likeness (QED) is 0.557. The number of carbonyl (C=O) groups is 1. The summed E-state index contributed by atoms with van der Waals surface area (Å²) in [6.45, 7) is 4.29. The highest BCUT2D eigenvalue weighted by molar-refractivity contribution is 7.99. The summed E-state index contributed by atoms with van der Waals surface area (Å²) in [4.78, 5) is 18.5. The summed E-state index contributed by atoms with van der Waals surface area (Å²) < 4.78 is 7.53. The Bertz CT molecular complexity index is 953.